The lowest BCUT2D eigenvalue weighted by atomic mass is 10.00. The predicted octanol–water partition coefficient (Wildman–Crippen LogP) is 3.70. The fraction of sp³-hybridized carbons (Fsp3) is 0.706. The zero-order chi connectivity index (χ0) is 14.8. The summed E-state index contributed by atoms with van der Waals surface area (Å²) < 4.78 is 0. The van der Waals surface area contributed by atoms with Crippen LogP contribution in [0.1, 0.15) is 66.1 Å². The van der Waals surface area contributed by atoms with E-state index in [1.165, 1.54) is 23.3 Å². The standard InChI is InChI=1S/C17H26N2OS.ClH/c1-3-5-15-11(4-2)8-16(21-15)17(20)19-14-9-12-6-7-13(10-14)18-12;/h8,12-14,18H,3-7,9-10H2,1-2H3,(H,19,20);1H. The fourth-order valence-corrected chi connectivity index (χ4v) is 5.01. The van der Waals surface area contributed by atoms with E-state index in [0.717, 1.165) is 37.0 Å². The van der Waals surface area contributed by atoms with Gasteiger partial charge in [0.2, 0.25) is 0 Å². The molecule has 0 aromatic carbocycles. The van der Waals surface area contributed by atoms with Gasteiger partial charge in [0.15, 0.2) is 0 Å². The first-order chi connectivity index (χ1) is 10.2. The van der Waals surface area contributed by atoms with Crippen LogP contribution in [0.3, 0.4) is 0 Å². The van der Waals surface area contributed by atoms with Crippen LogP contribution in [0, 0.1) is 0 Å². The minimum Gasteiger partial charge on any atom is -0.348 e. The molecule has 3 rings (SSSR count). The lowest BCUT2D eigenvalue weighted by molar-refractivity contribution is 0.0928. The van der Waals surface area contributed by atoms with Crippen molar-refractivity contribution < 1.29 is 4.79 Å². The van der Waals surface area contributed by atoms with Gasteiger partial charge >= 0.3 is 0 Å². The third kappa shape index (κ3) is 3.84. The summed E-state index contributed by atoms with van der Waals surface area (Å²) in [5.74, 6) is 0.142. The van der Waals surface area contributed by atoms with Crippen molar-refractivity contribution in [2.24, 2.45) is 0 Å². The minimum atomic E-state index is 0. The van der Waals surface area contributed by atoms with Gasteiger partial charge in [-0.1, -0.05) is 20.3 Å². The van der Waals surface area contributed by atoms with Gasteiger partial charge in [-0.3, -0.25) is 4.79 Å². The Kier molecular flexibility index (Phi) is 6.30. The second kappa shape index (κ2) is 7.80. The second-order valence-electron chi connectivity index (χ2n) is 6.44. The van der Waals surface area contributed by atoms with Gasteiger partial charge < -0.3 is 10.6 Å². The second-order valence-corrected chi connectivity index (χ2v) is 7.58. The Bertz CT molecular complexity index is 505. The van der Waals surface area contributed by atoms with Crippen LogP contribution < -0.4 is 10.6 Å². The van der Waals surface area contributed by atoms with E-state index in [0.29, 0.717) is 18.1 Å². The van der Waals surface area contributed by atoms with Crippen molar-refractivity contribution in [2.75, 3.05) is 0 Å². The molecule has 22 heavy (non-hydrogen) atoms. The van der Waals surface area contributed by atoms with Crippen molar-refractivity contribution in [2.45, 2.75) is 76.9 Å². The maximum atomic E-state index is 12.5. The zero-order valence-electron chi connectivity index (χ0n) is 13.5. The van der Waals surface area contributed by atoms with Crippen LogP contribution in [0.4, 0.5) is 0 Å². The van der Waals surface area contributed by atoms with E-state index in [9.17, 15) is 4.79 Å². The van der Waals surface area contributed by atoms with Gasteiger partial charge in [-0.2, -0.15) is 0 Å². The van der Waals surface area contributed by atoms with E-state index < -0.39 is 0 Å². The third-order valence-electron chi connectivity index (χ3n) is 4.79. The molecule has 2 N–H and O–H groups in total. The third-order valence-corrected chi connectivity index (χ3v) is 6.02. The zero-order valence-corrected chi connectivity index (χ0v) is 15.1. The molecule has 1 amide bonds. The van der Waals surface area contributed by atoms with E-state index in [4.69, 9.17) is 0 Å². The maximum Gasteiger partial charge on any atom is 0.261 e. The molecule has 2 aliphatic heterocycles. The van der Waals surface area contributed by atoms with Crippen molar-refractivity contribution >= 4 is 29.7 Å². The van der Waals surface area contributed by atoms with E-state index in [1.54, 1.807) is 11.3 Å². The van der Waals surface area contributed by atoms with Crippen LogP contribution >= 0.6 is 23.7 Å². The summed E-state index contributed by atoms with van der Waals surface area (Å²) in [6, 6.07) is 3.72. The molecule has 0 aliphatic carbocycles. The molecular weight excluding hydrogens is 316 g/mol. The highest BCUT2D eigenvalue weighted by atomic mass is 35.5. The largest absolute Gasteiger partial charge is 0.348 e. The number of halogens is 1. The number of hydrogen-bond acceptors (Lipinski definition) is 3. The monoisotopic (exact) mass is 342 g/mol. The van der Waals surface area contributed by atoms with Gasteiger partial charge in [0.1, 0.15) is 0 Å². The van der Waals surface area contributed by atoms with Crippen LogP contribution in [0.15, 0.2) is 6.07 Å². The number of nitrogens with one attached hydrogen (secondary N) is 2. The number of amides is 1. The fourth-order valence-electron chi connectivity index (χ4n) is 3.75. The molecule has 2 bridgehead atoms. The molecular formula is C17H27ClN2OS. The van der Waals surface area contributed by atoms with Gasteiger partial charge in [0, 0.05) is 23.0 Å². The Labute approximate surface area is 143 Å². The predicted molar refractivity (Wildman–Crippen MR) is 95.4 cm³/mol. The molecule has 2 fully saturated rings. The topological polar surface area (TPSA) is 41.1 Å². The number of fused-ring (bicyclic) bond motifs is 2. The SMILES string of the molecule is CCCc1sc(C(=O)NC2CC3CCC(C2)N3)cc1CC.Cl. The summed E-state index contributed by atoms with van der Waals surface area (Å²) in [5, 5.41) is 6.90. The average molecular weight is 343 g/mol. The Morgan fingerprint density at radius 1 is 1.32 bits per heavy atom. The van der Waals surface area contributed by atoms with Gasteiger partial charge in [-0.25, -0.2) is 0 Å². The summed E-state index contributed by atoms with van der Waals surface area (Å²) in [5.41, 5.74) is 1.36. The number of aryl methyl sites for hydroxylation is 2. The lowest BCUT2D eigenvalue weighted by Gasteiger charge is -2.29. The molecule has 3 nitrogen and oxygen atoms in total. The summed E-state index contributed by atoms with van der Waals surface area (Å²) in [6.45, 7) is 4.37. The molecule has 1 aromatic heterocycles. The molecule has 0 spiro atoms. The number of rotatable bonds is 5. The van der Waals surface area contributed by atoms with E-state index in [2.05, 4.69) is 30.5 Å². The first-order valence-corrected chi connectivity index (χ1v) is 9.19. The van der Waals surface area contributed by atoms with Crippen LogP contribution in [0.5, 0.6) is 0 Å². The van der Waals surface area contributed by atoms with Gasteiger partial charge in [0.05, 0.1) is 4.88 Å². The Hall–Kier alpha value is -0.580. The number of hydrogen-bond donors (Lipinski definition) is 2. The number of thiophene rings is 1. The molecule has 5 heteroatoms. The highest BCUT2D eigenvalue weighted by Gasteiger charge is 2.34. The summed E-state index contributed by atoms with van der Waals surface area (Å²) in [7, 11) is 0. The first-order valence-electron chi connectivity index (χ1n) is 8.38. The van der Waals surface area contributed by atoms with Crippen molar-refractivity contribution in [3.05, 3.63) is 21.4 Å². The van der Waals surface area contributed by atoms with Crippen LogP contribution in [-0.2, 0) is 12.8 Å². The van der Waals surface area contributed by atoms with Crippen molar-refractivity contribution in [1.29, 1.82) is 0 Å². The minimum absolute atomic E-state index is 0. The summed E-state index contributed by atoms with van der Waals surface area (Å²) in [6.07, 6.45) is 8.00. The molecule has 3 heterocycles. The van der Waals surface area contributed by atoms with Crippen molar-refractivity contribution in [3.63, 3.8) is 0 Å². The maximum absolute atomic E-state index is 12.5. The molecule has 0 saturated carbocycles. The first kappa shape index (κ1) is 17.8. The lowest BCUT2D eigenvalue weighted by Crippen LogP contribution is -2.47. The van der Waals surface area contributed by atoms with E-state index in [-0.39, 0.29) is 18.3 Å². The number of carbonyl (C=O) groups excluding carboxylic acids is 1. The van der Waals surface area contributed by atoms with Crippen LogP contribution in [0.2, 0.25) is 0 Å². The summed E-state index contributed by atoms with van der Waals surface area (Å²) in [4.78, 5) is 14.8. The molecule has 1 aromatic rings. The normalized spacial score (nSPS) is 26.5. The quantitative estimate of drug-likeness (QED) is 0.856. The molecule has 2 atom stereocenters. The number of carbonyl (C=O) groups is 1. The summed E-state index contributed by atoms with van der Waals surface area (Å²) >= 11 is 1.69. The molecule has 0 radical (unpaired) electrons. The van der Waals surface area contributed by atoms with Crippen molar-refractivity contribution in [3.8, 4) is 0 Å². The van der Waals surface area contributed by atoms with Crippen LogP contribution in [0.25, 0.3) is 0 Å². The Morgan fingerprint density at radius 3 is 2.59 bits per heavy atom. The molecule has 2 aliphatic rings. The molecule has 2 unspecified atom stereocenters. The molecule has 2 saturated heterocycles. The van der Waals surface area contributed by atoms with Gasteiger partial charge in [-0.05, 0) is 50.2 Å². The Morgan fingerprint density at radius 2 is 2.00 bits per heavy atom. The highest BCUT2D eigenvalue weighted by Crippen LogP contribution is 2.28. The Balaban J connectivity index is 0.00000176. The van der Waals surface area contributed by atoms with Crippen molar-refractivity contribution in [1.82, 2.24) is 10.6 Å². The number of piperidine rings is 1. The van der Waals surface area contributed by atoms with Gasteiger partial charge in [0.25, 0.3) is 5.91 Å². The van der Waals surface area contributed by atoms with Gasteiger partial charge in [-0.15, -0.1) is 23.7 Å². The van der Waals surface area contributed by atoms with Crippen LogP contribution in [-0.4, -0.2) is 24.0 Å². The highest BCUT2D eigenvalue weighted by molar-refractivity contribution is 7.14. The molecule has 124 valence electrons. The van der Waals surface area contributed by atoms with E-state index in [1.807, 2.05) is 0 Å². The average Bonchev–Trinajstić information content (AvgIpc) is 3.03. The smallest absolute Gasteiger partial charge is 0.261 e. The van der Waals surface area contributed by atoms with E-state index >= 15 is 0 Å².